The summed E-state index contributed by atoms with van der Waals surface area (Å²) in [4.78, 5) is 1.78. The van der Waals surface area contributed by atoms with E-state index in [-0.39, 0.29) is 0 Å². The number of hydrogen-bond acceptors (Lipinski definition) is 3. The Bertz CT molecular complexity index is 200. The number of rotatable bonds is 7. The molecular weight excluding hydrogens is 231 g/mol. The standard InChI is InChI=1S/C10H19FN2S2/c1-4-6-9(11)15-10(12)13(3)7-8-14-5-2/h4,9,12H,1,5-8H2,2-3H3. The van der Waals surface area contributed by atoms with Gasteiger partial charge < -0.3 is 4.90 Å². The quantitative estimate of drug-likeness (QED) is 0.325. The minimum atomic E-state index is -1.05. The molecule has 2 nitrogen and oxygen atoms in total. The lowest BCUT2D eigenvalue weighted by molar-refractivity contribution is 0.457. The molecule has 0 fully saturated rings. The molecule has 0 saturated heterocycles. The van der Waals surface area contributed by atoms with E-state index in [9.17, 15) is 4.39 Å². The average Bonchev–Trinajstić information content (AvgIpc) is 2.18. The van der Waals surface area contributed by atoms with Crippen LogP contribution in [0.1, 0.15) is 13.3 Å². The van der Waals surface area contributed by atoms with E-state index in [1.165, 1.54) is 6.08 Å². The molecule has 1 N–H and O–H groups in total. The first-order valence-corrected chi connectivity index (χ1v) is 6.94. The summed E-state index contributed by atoms with van der Waals surface area (Å²) >= 11 is 2.78. The van der Waals surface area contributed by atoms with Gasteiger partial charge >= 0.3 is 0 Å². The van der Waals surface area contributed by atoms with E-state index in [1.807, 2.05) is 18.8 Å². The number of allylic oxidation sites excluding steroid dienone is 1. The van der Waals surface area contributed by atoms with Crippen LogP contribution in [0.4, 0.5) is 4.39 Å². The van der Waals surface area contributed by atoms with Gasteiger partial charge in [-0.1, -0.05) is 24.8 Å². The summed E-state index contributed by atoms with van der Waals surface area (Å²) in [5.74, 6) is 2.06. The number of thioether (sulfide) groups is 2. The molecule has 15 heavy (non-hydrogen) atoms. The summed E-state index contributed by atoms with van der Waals surface area (Å²) < 4.78 is 13.1. The molecule has 0 amide bonds. The molecule has 88 valence electrons. The Morgan fingerprint density at radius 3 is 2.87 bits per heavy atom. The Morgan fingerprint density at radius 1 is 1.67 bits per heavy atom. The van der Waals surface area contributed by atoms with E-state index in [2.05, 4.69) is 13.5 Å². The molecular formula is C10H19FN2S2. The molecule has 0 aromatic rings. The van der Waals surface area contributed by atoms with Crippen molar-refractivity contribution < 1.29 is 4.39 Å². The summed E-state index contributed by atoms with van der Waals surface area (Å²) in [6.45, 7) is 6.37. The van der Waals surface area contributed by atoms with Crippen LogP contribution in [-0.4, -0.2) is 40.7 Å². The topological polar surface area (TPSA) is 27.1 Å². The zero-order valence-electron chi connectivity index (χ0n) is 9.33. The molecule has 0 spiro atoms. The van der Waals surface area contributed by atoms with E-state index in [0.29, 0.717) is 11.6 Å². The van der Waals surface area contributed by atoms with Gasteiger partial charge in [0.05, 0.1) is 0 Å². The fourth-order valence-corrected chi connectivity index (χ4v) is 2.28. The molecule has 0 aliphatic rings. The maximum Gasteiger partial charge on any atom is 0.158 e. The number of halogens is 1. The number of amidine groups is 1. The van der Waals surface area contributed by atoms with Gasteiger partial charge in [0.25, 0.3) is 0 Å². The van der Waals surface area contributed by atoms with Crippen LogP contribution < -0.4 is 0 Å². The lowest BCUT2D eigenvalue weighted by Crippen LogP contribution is -2.27. The Morgan fingerprint density at radius 2 is 2.33 bits per heavy atom. The molecule has 1 unspecified atom stereocenters. The van der Waals surface area contributed by atoms with Gasteiger partial charge in [0, 0.05) is 25.8 Å². The Balaban J connectivity index is 3.72. The fraction of sp³-hybridized carbons (Fsp3) is 0.700. The molecule has 0 heterocycles. The van der Waals surface area contributed by atoms with Gasteiger partial charge in [-0.25, -0.2) is 4.39 Å². The number of alkyl halides is 1. The SMILES string of the molecule is C=CCC(F)SC(=N)N(C)CCSCC. The Labute approximate surface area is 100 Å². The maximum atomic E-state index is 13.1. The zero-order valence-corrected chi connectivity index (χ0v) is 11.0. The van der Waals surface area contributed by atoms with Crippen molar-refractivity contribution in [2.75, 3.05) is 25.1 Å². The molecule has 5 heteroatoms. The van der Waals surface area contributed by atoms with Gasteiger partial charge in [-0.15, -0.1) is 6.58 Å². The van der Waals surface area contributed by atoms with Crippen LogP contribution in [0.5, 0.6) is 0 Å². The minimum absolute atomic E-state index is 0.293. The summed E-state index contributed by atoms with van der Waals surface area (Å²) in [6, 6.07) is 0. The molecule has 0 aromatic carbocycles. The van der Waals surface area contributed by atoms with Crippen molar-refractivity contribution in [1.82, 2.24) is 4.90 Å². The molecule has 0 aromatic heterocycles. The van der Waals surface area contributed by atoms with E-state index in [4.69, 9.17) is 5.41 Å². The van der Waals surface area contributed by atoms with Crippen LogP contribution in [0.2, 0.25) is 0 Å². The molecule has 0 aliphatic heterocycles. The molecule has 0 radical (unpaired) electrons. The highest BCUT2D eigenvalue weighted by Gasteiger charge is 2.12. The summed E-state index contributed by atoms with van der Waals surface area (Å²) in [6.07, 6.45) is 1.84. The van der Waals surface area contributed by atoms with E-state index >= 15 is 0 Å². The smallest absolute Gasteiger partial charge is 0.158 e. The number of nitrogens with zero attached hydrogens (tertiary/aromatic N) is 1. The lowest BCUT2D eigenvalue weighted by Gasteiger charge is -2.19. The minimum Gasteiger partial charge on any atom is -0.354 e. The van der Waals surface area contributed by atoms with Crippen molar-refractivity contribution >= 4 is 28.7 Å². The van der Waals surface area contributed by atoms with Crippen molar-refractivity contribution in [3.8, 4) is 0 Å². The largest absolute Gasteiger partial charge is 0.354 e. The Kier molecular flexibility index (Phi) is 9.00. The van der Waals surface area contributed by atoms with Crippen molar-refractivity contribution in [1.29, 1.82) is 5.41 Å². The van der Waals surface area contributed by atoms with Crippen LogP contribution >= 0.6 is 23.5 Å². The van der Waals surface area contributed by atoms with Gasteiger partial charge in [0.2, 0.25) is 0 Å². The van der Waals surface area contributed by atoms with Crippen LogP contribution in [0.3, 0.4) is 0 Å². The third kappa shape index (κ3) is 7.73. The summed E-state index contributed by atoms with van der Waals surface area (Å²) in [5.41, 5.74) is -1.05. The first-order valence-electron chi connectivity index (χ1n) is 4.90. The van der Waals surface area contributed by atoms with Gasteiger partial charge in [-0.2, -0.15) is 11.8 Å². The summed E-state index contributed by atoms with van der Waals surface area (Å²) in [5, 5.41) is 7.94. The zero-order chi connectivity index (χ0) is 11.7. The first kappa shape index (κ1) is 14.8. The van der Waals surface area contributed by atoms with Crippen LogP contribution in [-0.2, 0) is 0 Å². The second-order valence-electron chi connectivity index (χ2n) is 2.98. The van der Waals surface area contributed by atoms with Gasteiger partial charge in [-0.3, -0.25) is 5.41 Å². The molecule has 0 rings (SSSR count). The van der Waals surface area contributed by atoms with Crippen molar-refractivity contribution in [2.45, 2.75) is 18.8 Å². The summed E-state index contributed by atoms with van der Waals surface area (Å²) in [7, 11) is 1.83. The van der Waals surface area contributed by atoms with Gasteiger partial charge in [0.1, 0.15) is 0 Å². The highest BCUT2D eigenvalue weighted by atomic mass is 32.2. The molecule has 0 saturated carbocycles. The van der Waals surface area contributed by atoms with Gasteiger partial charge in [-0.05, 0) is 5.75 Å². The predicted octanol–water partition coefficient (Wildman–Crippen LogP) is 3.21. The van der Waals surface area contributed by atoms with E-state index in [0.717, 1.165) is 29.8 Å². The van der Waals surface area contributed by atoms with E-state index in [1.54, 1.807) is 4.90 Å². The van der Waals surface area contributed by atoms with Gasteiger partial charge in [0.15, 0.2) is 10.7 Å². The molecule has 0 bridgehead atoms. The highest BCUT2D eigenvalue weighted by molar-refractivity contribution is 8.14. The third-order valence-electron chi connectivity index (χ3n) is 1.71. The van der Waals surface area contributed by atoms with Crippen LogP contribution in [0.25, 0.3) is 0 Å². The third-order valence-corrected chi connectivity index (χ3v) is 3.58. The van der Waals surface area contributed by atoms with Crippen molar-refractivity contribution in [3.63, 3.8) is 0 Å². The maximum absolute atomic E-state index is 13.1. The number of nitrogens with one attached hydrogen (secondary N) is 1. The Hall–Kier alpha value is -0.160. The van der Waals surface area contributed by atoms with E-state index < -0.39 is 5.50 Å². The predicted molar refractivity (Wildman–Crippen MR) is 70.7 cm³/mol. The molecule has 0 aliphatic carbocycles. The van der Waals surface area contributed by atoms with Crippen molar-refractivity contribution in [3.05, 3.63) is 12.7 Å². The molecule has 1 atom stereocenters. The monoisotopic (exact) mass is 250 g/mol. The first-order chi connectivity index (χ1) is 7.11. The highest BCUT2D eigenvalue weighted by Crippen LogP contribution is 2.19. The average molecular weight is 250 g/mol. The van der Waals surface area contributed by atoms with Crippen LogP contribution in [0, 0.1) is 5.41 Å². The second kappa shape index (κ2) is 9.09. The fourth-order valence-electron chi connectivity index (χ4n) is 0.838. The second-order valence-corrected chi connectivity index (χ2v) is 5.50. The normalized spacial score (nSPS) is 12.2. The van der Waals surface area contributed by atoms with Crippen LogP contribution in [0.15, 0.2) is 12.7 Å². The lowest BCUT2D eigenvalue weighted by atomic mass is 10.5. The number of hydrogen-bond donors (Lipinski definition) is 1. The van der Waals surface area contributed by atoms with Crippen molar-refractivity contribution in [2.24, 2.45) is 0 Å².